The van der Waals surface area contributed by atoms with E-state index in [1.54, 1.807) is 0 Å². The van der Waals surface area contributed by atoms with Crippen LogP contribution in [0.5, 0.6) is 0 Å². The molecule has 0 saturated heterocycles. The molecule has 130 valence electrons. The molecule has 0 aliphatic carbocycles. The number of hydrogen-bond acceptors (Lipinski definition) is 11. The molecular weight excluding hydrogens is 378 g/mol. The van der Waals surface area contributed by atoms with Crippen LogP contribution < -0.4 is 69.3 Å². The van der Waals surface area contributed by atoms with Crippen LogP contribution in [0.4, 0.5) is 14.4 Å². The second-order valence-corrected chi connectivity index (χ2v) is 3.43. The molecule has 0 saturated carbocycles. The summed E-state index contributed by atoms with van der Waals surface area (Å²) in [6.07, 6.45) is -8.61. The van der Waals surface area contributed by atoms with E-state index in [0.29, 0.717) is 0 Å². The monoisotopic (exact) mass is 386 g/mol. The molecule has 0 rings (SSSR count). The fourth-order valence-electron chi connectivity index (χ4n) is 0.871. The molecule has 0 amide bonds. The average molecular weight is 386 g/mol. The first-order valence-electron chi connectivity index (χ1n) is 5.01. The smallest absolute Gasteiger partial charge is 0.481 e. The number of hydrogen-bond donors (Lipinski definition) is 4. The first-order valence-corrected chi connectivity index (χ1v) is 5.01. The first kappa shape index (κ1) is 31.4. The van der Waals surface area contributed by atoms with Crippen molar-refractivity contribution in [2.45, 2.75) is 18.4 Å². The standard InChI is InChI=1S/C6H8O7.C3H2O7.2Na/c7-3(8)1-6(13,5(11)12)2-4(9)10;4-1(5)9-3(8)10-2(6)7;;/h13H,1-2H2,(H,7,8)(H,9,10)(H,11,12);(H,4,5)(H,6,7);;/q;;2*+1/p-2. The van der Waals surface area contributed by atoms with E-state index in [4.69, 9.17) is 20.4 Å². The van der Waals surface area contributed by atoms with Crippen LogP contribution in [0.15, 0.2) is 0 Å². The molecule has 0 aliphatic heterocycles. The number of aliphatic carboxylic acids is 3. The van der Waals surface area contributed by atoms with Crippen molar-refractivity contribution in [1.82, 2.24) is 0 Å². The molecule has 0 aliphatic rings. The summed E-state index contributed by atoms with van der Waals surface area (Å²) in [5.74, 6) is -5.02. The summed E-state index contributed by atoms with van der Waals surface area (Å²) >= 11 is 0. The maximum absolute atomic E-state index is 10.3. The number of ether oxygens (including phenoxy) is 2. The molecular formula is C9H8Na2O14. The normalized spacial score (nSPS) is 8.84. The predicted molar refractivity (Wildman–Crippen MR) is 55.4 cm³/mol. The van der Waals surface area contributed by atoms with Crippen LogP contribution in [-0.4, -0.2) is 62.4 Å². The van der Waals surface area contributed by atoms with Crippen molar-refractivity contribution in [1.29, 1.82) is 0 Å². The van der Waals surface area contributed by atoms with Gasteiger partial charge in [-0.1, -0.05) is 0 Å². The van der Waals surface area contributed by atoms with E-state index in [1.807, 2.05) is 0 Å². The van der Waals surface area contributed by atoms with Gasteiger partial charge in [0.1, 0.15) is 0 Å². The van der Waals surface area contributed by atoms with Crippen molar-refractivity contribution < 1.29 is 128 Å². The molecule has 16 heteroatoms. The van der Waals surface area contributed by atoms with E-state index in [1.165, 1.54) is 0 Å². The largest absolute Gasteiger partial charge is 1.00 e. The Morgan fingerprint density at radius 1 is 0.760 bits per heavy atom. The molecule has 25 heavy (non-hydrogen) atoms. The summed E-state index contributed by atoms with van der Waals surface area (Å²) in [5.41, 5.74) is -2.74. The molecule has 0 heterocycles. The SMILES string of the molecule is O=C(O)CC(O)(CC(=O)O)C(=O)O.O=C([O-])OC(=O)OC(=O)[O-].[Na+].[Na+]. The maximum atomic E-state index is 10.3. The fraction of sp³-hybridized carbons (Fsp3) is 0.333. The van der Waals surface area contributed by atoms with Crippen LogP contribution in [0.25, 0.3) is 0 Å². The van der Waals surface area contributed by atoms with Crippen LogP contribution >= 0.6 is 0 Å². The maximum Gasteiger partial charge on any atom is 1.00 e. The van der Waals surface area contributed by atoms with Gasteiger partial charge in [-0.25, -0.2) is 9.59 Å². The van der Waals surface area contributed by atoms with Crippen LogP contribution in [0.2, 0.25) is 0 Å². The van der Waals surface area contributed by atoms with Gasteiger partial charge < -0.3 is 49.7 Å². The molecule has 0 fully saturated rings. The third-order valence-electron chi connectivity index (χ3n) is 1.62. The molecule has 0 aromatic heterocycles. The Kier molecular flexibility index (Phi) is 18.7. The molecule has 0 atom stereocenters. The zero-order valence-electron chi connectivity index (χ0n) is 12.8. The Labute approximate surface area is 181 Å². The van der Waals surface area contributed by atoms with Crippen LogP contribution in [0, 0.1) is 0 Å². The fourth-order valence-corrected chi connectivity index (χ4v) is 0.871. The van der Waals surface area contributed by atoms with Crippen molar-refractivity contribution in [2.75, 3.05) is 0 Å². The van der Waals surface area contributed by atoms with Crippen molar-refractivity contribution in [3.05, 3.63) is 0 Å². The number of carboxylic acid groups (broad SMARTS) is 5. The van der Waals surface area contributed by atoms with Gasteiger partial charge in [0.25, 0.3) is 12.3 Å². The molecule has 0 radical (unpaired) electrons. The Morgan fingerprint density at radius 3 is 1.20 bits per heavy atom. The van der Waals surface area contributed by atoms with Crippen molar-refractivity contribution in [3.63, 3.8) is 0 Å². The molecule has 0 aromatic carbocycles. The van der Waals surface area contributed by atoms with E-state index in [-0.39, 0.29) is 59.1 Å². The summed E-state index contributed by atoms with van der Waals surface area (Å²) in [4.78, 5) is 58.9. The quantitative estimate of drug-likeness (QED) is 0.195. The number of carbonyl (C=O) groups is 6. The summed E-state index contributed by atoms with van der Waals surface area (Å²) in [6, 6.07) is 0. The van der Waals surface area contributed by atoms with E-state index < -0.39 is 54.8 Å². The number of aliphatic hydroxyl groups is 1. The van der Waals surface area contributed by atoms with Gasteiger partial charge in [-0.15, -0.1) is 0 Å². The minimum absolute atomic E-state index is 0. The summed E-state index contributed by atoms with van der Waals surface area (Å²) in [5, 5.41) is 52.5. The molecule has 4 N–H and O–H groups in total. The second kappa shape index (κ2) is 14.9. The van der Waals surface area contributed by atoms with Crippen molar-refractivity contribution in [2.24, 2.45) is 0 Å². The van der Waals surface area contributed by atoms with Crippen LogP contribution in [0.1, 0.15) is 12.8 Å². The molecule has 0 bridgehead atoms. The Morgan fingerprint density at radius 2 is 1.04 bits per heavy atom. The number of carboxylic acids is 3. The van der Waals surface area contributed by atoms with E-state index in [2.05, 4.69) is 9.47 Å². The van der Waals surface area contributed by atoms with Crippen LogP contribution in [0.3, 0.4) is 0 Å². The Balaban J connectivity index is -0.000000168. The molecule has 0 aromatic rings. The number of rotatable bonds is 5. The first-order chi connectivity index (χ1) is 10.3. The number of carbonyl (C=O) groups excluding carboxylic acids is 3. The Bertz CT molecular complexity index is 480. The van der Waals surface area contributed by atoms with Gasteiger partial charge in [0.05, 0.1) is 12.8 Å². The third-order valence-corrected chi connectivity index (χ3v) is 1.62. The minimum atomic E-state index is -2.74. The van der Waals surface area contributed by atoms with E-state index in [9.17, 15) is 39.0 Å². The van der Waals surface area contributed by atoms with E-state index >= 15 is 0 Å². The van der Waals surface area contributed by atoms with Gasteiger partial charge in [-0.05, 0) is 0 Å². The summed E-state index contributed by atoms with van der Waals surface area (Å²) < 4.78 is 6.17. The molecule has 0 unspecified atom stereocenters. The topological polar surface area (TPSA) is 248 Å². The molecule has 0 spiro atoms. The average Bonchev–Trinajstić information content (AvgIpc) is 2.24. The zero-order chi connectivity index (χ0) is 18.8. The van der Waals surface area contributed by atoms with Crippen molar-refractivity contribution >= 4 is 36.4 Å². The van der Waals surface area contributed by atoms with Crippen LogP contribution in [-0.2, 0) is 23.9 Å². The summed E-state index contributed by atoms with van der Waals surface area (Å²) in [6.45, 7) is 0. The summed E-state index contributed by atoms with van der Waals surface area (Å²) in [7, 11) is 0. The molecule has 14 nitrogen and oxygen atoms in total. The zero-order valence-corrected chi connectivity index (χ0v) is 16.8. The van der Waals surface area contributed by atoms with Gasteiger partial charge >= 0.3 is 83.2 Å². The van der Waals surface area contributed by atoms with Gasteiger partial charge in [-0.3, -0.25) is 9.59 Å². The van der Waals surface area contributed by atoms with Gasteiger partial charge in [-0.2, -0.15) is 0 Å². The minimum Gasteiger partial charge on any atom is -0.481 e. The second-order valence-electron chi connectivity index (χ2n) is 3.43. The van der Waals surface area contributed by atoms with Gasteiger partial charge in [0.15, 0.2) is 5.60 Å². The third kappa shape index (κ3) is 18.8. The van der Waals surface area contributed by atoms with Gasteiger partial charge in [0.2, 0.25) is 0 Å². The Hall–Kier alpha value is -1.42. The van der Waals surface area contributed by atoms with Gasteiger partial charge in [0, 0.05) is 0 Å². The van der Waals surface area contributed by atoms with E-state index in [0.717, 1.165) is 0 Å². The predicted octanol–water partition coefficient (Wildman–Crippen LogP) is -9.41. The van der Waals surface area contributed by atoms with Crippen molar-refractivity contribution in [3.8, 4) is 0 Å².